The van der Waals surface area contributed by atoms with Gasteiger partial charge in [-0.1, -0.05) is 29.3 Å². The van der Waals surface area contributed by atoms with Crippen molar-refractivity contribution in [3.8, 4) is 17.2 Å². The SMILES string of the molecule is CCOc1cc(CNc2cc(C(=O)O)ccc2OC)cc(Cl)c1OCC(=O)Nc1ccc(C)cc1. The Hall–Kier alpha value is -3.91. The van der Waals surface area contributed by atoms with E-state index in [2.05, 4.69) is 10.6 Å². The summed E-state index contributed by atoms with van der Waals surface area (Å²) in [5.74, 6) is -0.201. The van der Waals surface area contributed by atoms with Gasteiger partial charge in [0.25, 0.3) is 5.91 Å². The lowest BCUT2D eigenvalue weighted by atomic mass is 10.1. The number of carboxylic acids is 1. The molecule has 1 amide bonds. The molecule has 9 heteroatoms. The Balaban J connectivity index is 1.72. The lowest BCUT2D eigenvalue weighted by Crippen LogP contribution is -2.20. The average Bonchev–Trinajstić information content (AvgIpc) is 2.83. The van der Waals surface area contributed by atoms with Gasteiger partial charge in [0, 0.05) is 12.2 Å². The monoisotopic (exact) mass is 498 g/mol. The Labute approximate surface area is 208 Å². The van der Waals surface area contributed by atoms with E-state index >= 15 is 0 Å². The zero-order valence-electron chi connectivity index (χ0n) is 19.7. The predicted octanol–water partition coefficient (Wildman–Crippen LogP) is 5.38. The van der Waals surface area contributed by atoms with Crippen LogP contribution in [0, 0.1) is 6.92 Å². The first-order valence-corrected chi connectivity index (χ1v) is 11.3. The predicted molar refractivity (Wildman–Crippen MR) is 135 cm³/mol. The van der Waals surface area contributed by atoms with Crippen LogP contribution < -0.4 is 24.8 Å². The third-order valence-corrected chi connectivity index (χ3v) is 5.26. The number of benzene rings is 3. The van der Waals surface area contributed by atoms with E-state index in [1.54, 1.807) is 18.2 Å². The highest BCUT2D eigenvalue weighted by atomic mass is 35.5. The maximum Gasteiger partial charge on any atom is 0.335 e. The Morgan fingerprint density at radius 2 is 1.74 bits per heavy atom. The Morgan fingerprint density at radius 1 is 1.00 bits per heavy atom. The van der Waals surface area contributed by atoms with E-state index in [-0.39, 0.29) is 28.8 Å². The summed E-state index contributed by atoms with van der Waals surface area (Å²) in [7, 11) is 1.51. The number of hydrogen-bond acceptors (Lipinski definition) is 6. The number of carbonyl (C=O) groups excluding carboxylic acids is 1. The molecule has 0 bridgehead atoms. The molecule has 0 radical (unpaired) electrons. The molecule has 8 nitrogen and oxygen atoms in total. The fourth-order valence-corrected chi connectivity index (χ4v) is 3.56. The van der Waals surface area contributed by atoms with Crippen LogP contribution in [-0.4, -0.2) is 37.3 Å². The van der Waals surface area contributed by atoms with Gasteiger partial charge in [0.2, 0.25) is 0 Å². The van der Waals surface area contributed by atoms with Gasteiger partial charge < -0.3 is 30.0 Å². The lowest BCUT2D eigenvalue weighted by molar-refractivity contribution is -0.118. The highest BCUT2D eigenvalue weighted by Crippen LogP contribution is 2.37. The van der Waals surface area contributed by atoms with Gasteiger partial charge >= 0.3 is 5.97 Å². The average molecular weight is 499 g/mol. The summed E-state index contributed by atoms with van der Waals surface area (Å²) in [6.45, 7) is 4.23. The fourth-order valence-electron chi connectivity index (χ4n) is 3.27. The van der Waals surface area contributed by atoms with Crippen molar-refractivity contribution in [2.24, 2.45) is 0 Å². The summed E-state index contributed by atoms with van der Waals surface area (Å²) in [4.78, 5) is 23.6. The quantitative estimate of drug-likeness (QED) is 0.325. The van der Waals surface area contributed by atoms with Crippen LogP contribution in [0.2, 0.25) is 5.02 Å². The normalized spacial score (nSPS) is 10.4. The van der Waals surface area contributed by atoms with Crippen LogP contribution in [0.3, 0.4) is 0 Å². The molecule has 0 saturated carbocycles. The minimum absolute atomic E-state index is 0.133. The van der Waals surface area contributed by atoms with Crippen LogP contribution in [0.4, 0.5) is 11.4 Å². The zero-order chi connectivity index (χ0) is 25.4. The van der Waals surface area contributed by atoms with Crippen LogP contribution >= 0.6 is 11.6 Å². The number of halogens is 1. The molecule has 0 aliphatic rings. The molecule has 0 saturated heterocycles. The summed E-state index contributed by atoms with van der Waals surface area (Å²) in [6.07, 6.45) is 0. The second-order valence-corrected chi connectivity index (χ2v) is 8.02. The van der Waals surface area contributed by atoms with Crippen molar-refractivity contribution < 1.29 is 28.9 Å². The third kappa shape index (κ3) is 7.04. The van der Waals surface area contributed by atoms with Gasteiger partial charge in [-0.2, -0.15) is 0 Å². The van der Waals surface area contributed by atoms with Crippen molar-refractivity contribution in [1.82, 2.24) is 0 Å². The van der Waals surface area contributed by atoms with Gasteiger partial charge in [0.05, 0.1) is 30.0 Å². The minimum atomic E-state index is -1.04. The first kappa shape index (κ1) is 25.7. The molecule has 0 aliphatic carbocycles. The maximum absolute atomic E-state index is 12.3. The summed E-state index contributed by atoms with van der Waals surface area (Å²) in [5, 5.41) is 15.5. The standard InChI is InChI=1S/C26H27ClN2O6/c1-4-34-23-12-17(14-28-21-13-18(26(31)32)7-10-22(21)33-3)11-20(27)25(23)35-15-24(30)29-19-8-5-16(2)6-9-19/h5-13,28H,4,14-15H2,1-3H3,(H,29,30)(H,31,32). The molecular weight excluding hydrogens is 472 g/mol. The molecule has 35 heavy (non-hydrogen) atoms. The first-order valence-electron chi connectivity index (χ1n) is 10.9. The molecular formula is C26H27ClN2O6. The highest BCUT2D eigenvalue weighted by Gasteiger charge is 2.16. The van der Waals surface area contributed by atoms with Crippen molar-refractivity contribution >= 4 is 34.9 Å². The molecule has 0 atom stereocenters. The van der Waals surface area contributed by atoms with Crippen LogP contribution in [0.15, 0.2) is 54.6 Å². The van der Waals surface area contributed by atoms with E-state index in [1.165, 1.54) is 19.2 Å². The number of methoxy groups -OCH3 is 1. The number of anilines is 2. The van der Waals surface area contributed by atoms with Crippen LogP contribution in [0.5, 0.6) is 17.2 Å². The lowest BCUT2D eigenvalue weighted by Gasteiger charge is -2.16. The molecule has 3 N–H and O–H groups in total. The van der Waals surface area contributed by atoms with Gasteiger partial charge in [-0.05, 0) is 61.9 Å². The van der Waals surface area contributed by atoms with Crippen molar-refractivity contribution in [2.45, 2.75) is 20.4 Å². The number of carbonyl (C=O) groups is 2. The van der Waals surface area contributed by atoms with Gasteiger partial charge in [-0.15, -0.1) is 0 Å². The van der Waals surface area contributed by atoms with Crippen LogP contribution in [0.25, 0.3) is 0 Å². The molecule has 3 rings (SSSR count). The molecule has 0 aliphatic heterocycles. The van der Waals surface area contributed by atoms with E-state index < -0.39 is 5.97 Å². The summed E-state index contributed by atoms with van der Waals surface area (Å²) >= 11 is 6.47. The maximum atomic E-state index is 12.3. The number of amides is 1. The second kappa shape index (κ2) is 12.0. The van der Waals surface area contributed by atoms with Crippen molar-refractivity contribution in [3.05, 3.63) is 76.3 Å². The number of aryl methyl sites for hydroxylation is 1. The minimum Gasteiger partial charge on any atom is -0.495 e. The largest absolute Gasteiger partial charge is 0.495 e. The van der Waals surface area contributed by atoms with Gasteiger partial charge in [-0.25, -0.2) is 4.79 Å². The summed E-state index contributed by atoms with van der Waals surface area (Å²) in [5.41, 5.74) is 3.18. The Kier molecular flexibility index (Phi) is 8.80. The number of carboxylic acid groups (broad SMARTS) is 1. The van der Waals surface area contributed by atoms with E-state index in [0.717, 1.165) is 11.1 Å². The smallest absolute Gasteiger partial charge is 0.335 e. The Morgan fingerprint density at radius 3 is 2.40 bits per heavy atom. The van der Waals surface area contributed by atoms with Crippen molar-refractivity contribution in [1.29, 1.82) is 0 Å². The van der Waals surface area contributed by atoms with Crippen LogP contribution in [-0.2, 0) is 11.3 Å². The molecule has 0 aromatic heterocycles. The molecule has 3 aromatic carbocycles. The molecule has 0 unspecified atom stereocenters. The number of hydrogen-bond donors (Lipinski definition) is 3. The number of nitrogens with one attached hydrogen (secondary N) is 2. The molecule has 0 spiro atoms. The molecule has 3 aromatic rings. The first-order chi connectivity index (χ1) is 16.8. The van der Waals surface area contributed by atoms with Crippen molar-refractivity contribution in [2.75, 3.05) is 31.0 Å². The van der Waals surface area contributed by atoms with Gasteiger partial charge in [0.1, 0.15) is 5.75 Å². The van der Waals surface area contributed by atoms with Crippen LogP contribution in [0.1, 0.15) is 28.4 Å². The topological polar surface area (TPSA) is 106 Å². The molecule has 0 heterocycles. The summed E-state index contributed by atoms with van der Waals surface area (Å²) < 4.78 is 16.7. The van der Waals surface area contributed by atoms with Gasteiger partial charge in [0.15, 0.2) is 18.1 Å². The third-order valence-electron chi connectivity index (χ3n) is 4.98. The highest BCUT2D eigenvalue weighted by molar-refractivity contribution is 6.32. The van der Waals surface area contributed by atoms with Crippen molar-refractivity contribution in [3.63, 3.8) is 0 Å². The molecule has 184 valence electrons. The van der Waals surface area contributed by atoms with E-state index in [4.69, 9.17) is 25.8 Å². The molecule has 0 fully saturated rings. The summed E-state index contributed by atoms with van der Waals surface area (Å²) in [6, 6.07) is 15.4. The second-order valence-electron chi connectivity index (χ2n) is 7.61. The number of rotatable bonds is 11. The number of ether oxygens (including phenoxy) is 3. The van der Waals surface area contributed by atoms with E-state index in [0.29, 0.717) is 36.0 Å². The fraction of sp³-hybridized carbons (Fsp3) is 0.231. The Bertz CT molecular complexity index is 1200. The van der Waals surface area contributed by atoms with E-state index in [9.17, 15) is 14.7 Å². The van der Waals surface area contributed by atoms with Gasteiger partial charge in [-0.3, -0.25) is 4.79 Å². The number of aromatic carboxylic acids is 1. The van der Waals surface area contributed by atoms with E-state index in [1.807, 2.05) is 38.1 Å². The zero-order valence-corrected chi connectivity index (χ0v) is 20.4.